The van der Waals surface area contributed by atoms with Crippen LogP contribution in [0.3, 0.4) is 0 Å². The Labute approximate surface area is 170 Å². The second-order valence-electron chi connectivity index (χ2n) is 9.03. The molecule has 0 N–H and O–H groups in total. The van der Waals surface area contributed by atoms with Gasteiger partial charge in [-0.25, -0.2) is 0 Å². The molecule has 1 aromatic rings. The monoisotopic (exact) mass is 384 g/mol. The summed E-state index contributed by atoms with van der Waals surface area (Å²) in [7, 11) is 0. The topological polar surface area (TPSA) is 35.5 Å². The van der Waals surface area contributed by atoms with Crippen molar-refractivity contribution in [3.63, 3.8) is 0 Å². The molecule has 0 radical (unpaired) electrons. The van der Waals surface area contributed by atoms with Gasteiger partial charge in [-0.2, -0.15) is 0 Å². The van der Waals surface area contributed by atoms with Gasteiger partial charge in [-0.15, -0.1) is 0 Å². The molecule has 0 fully saturated rings. The van der Waals surface area contributed by atoms with E-state index in [9.17, 15) is 4.79 Å². The molecule has 1 aromatic carbocycles. The summed E-state index contributed by atoms with van der Waals surface area (Å²) in [5, 5.41) is 0. The van der Waals surface area contributed by atoms with Gasteiger partial charge in [0.2, 0.25) is 0 Å². The number of ether oxygens (including phenoxy) is 2. The lowest BCUT2D eigenvalue weighted by Crippen LogP contribution is -2.44. The average Bonchev–Trinajstić information content (AvgIpc) is 2.83. The summed E-state index contributed by atoms with van der Waals surface area (Å²) in [6.45, 7) is 10.7. The Bertz CT molecular complexity index is 744. The van der Waals surface area contributed by atoms with Crippen LogP contribution in [0.5, 0.6) is 11.5 Å². The Morgan fingerprint density at radius 2 is 2.04 bits per heavy atom. The number of benzene rings is 1. The lowest BCUT2D eigenvalue weighted by atomic mass is 9.72. The Morgan fingerprint density at radius 1 is 1.25 bits per heavy atom. The molecule has 3 rings (SSSR count). The molecule has 1 heterocycles. The summed E-state index contributed by atoms with van der Waals surface area (Å²) >= 11 is 0. The number of unbranched alkanes of at least 4 members (excludes halogenated alkanes) is 2. The average molecular weight is 385 g/mol. The zero-order chi connectivity index (χ0) is 20.3. The third kappa shape index (κ3) is 4.45. The van der Waals surface area contributed by atoms with Crippen LogP contribution >= 0.6 is 0 Å². The first-order valence-corrected chi connectivity index (χ1v) is 11.1. The van der Waals surface area contributed by atoms with Gasteiger partial charge in [0.25, 0.3) is 0 Å². The number of hydrogen-bond acceptors (Lipinski definition) is 3. The number of carbonyl (C=O) groups excluding carboxylic acids is 1. The number of rotatable bonds is 6. The standard InChI is InChI=1S/C25H36O3/c1-6-8-9-12-18-15-21(27-23(26)7-2)24-19-14-17(3)11-10-13-20(19)25(4,5)28-22(24)16-18/h14-16,19-20H,6-13H2,1-5H3/t19-,20+/m1/s1. The van der Waals surface area contributed by atoms with Gasteiger partial charge in [-0.05, 0) is 70.6 Å². The van der Waals surface area contributed by atoms with Crippen molar-refractivity contribution in [3.05, 3.63) is 34.9 Å². The second-order valence-corrected chi connectivity index (χ2v) is 9.03. The molecular weight excluding hydrogens is 348 g/mol. The molecule has 0 aromatic heterocycles. The fourth-order valence-corrected chi connectivity index (χ4v) is 4.78. The maximum atomic E-state index is 12.2. The smallest absolute Gasteiger partial charge is 0.310 e. The fraction of sp³-hybridized carbons (Fsp3) is 0.640. The minimum atomic E-state index is -0.229. The molecule has 3 heteroatoms. The van der Waals surface area contributed by atoms with E-state index in [4.69, 9.17) is 9.47 Å². The molecule has 0 saturated heterocycles. The molecule has 0 saturated carbocycles. The Kier molecular flexibility index (Phi) is 6.52. The van der Waals surface area contributed by atoms with Crippen LogP contribution in [0.1, 0.15) is 96.6 Å². The highest BCUT2D eigenvalue weighted by Crippen LogP contribution is 2.53. The van der Waals surface area contributed by atoms with E-state index in [0.29, 0.717) is 18.1 Å². The normalized spacial score (nSPS) is 23.0. The second kappa shape index (κ2) is 8.71. The summed E-state index contributed by atoms with van der Waals surface area (Å²) in [5.41, 5.74) is 3.48. The number of esters is 1. The fourth-order valence-electron chi connectivity index (χ4n) is 4.78. The molecule has 1 aliphatic heterocycles. The third-order valence-corrected chi connectivity index (χ3v) is 6.33. The van der Waals surface area contributed by atoms with Gasteiger partial charge in [0.1, 0.15) is 17.1 Å². The van der Waals surface area contributed by atoms with E-state index in [2.05, 4.69) is 45.9 Å². The van der Waals surface area contributed by atoms with Gasteiger partial charge in [-0.3, -0.25) is 4.79 Å². The van der Waals surface area contributed by atoms with Crippen LogP contribution in [0.2, 0.25) is 0 Å². The van der Waals surface area contributed by atoms with Gasteiger partial charge >= 0.3 is 5.97 Å². The molecule has 28 heavy (non-hydrogen) atoms. The molecule has 0 spiro atoms. The number of aryl methyl sites for hydroxylation is 1. The van der Waals surface area contributed by atoms with Crippen molar-refractivity contribution in [2.24, 2.45) is 5.92 Å². The van der Waals surface area contributed by atoms with Crippen molar-refractivity contribution < 1.29 is 14.3 Å². The molecule has 3 nitrogen and oxygen atoms in total. The van der Waals surface area contributed by atoms with E-state index >= 15 is 0 Å². The van der Waals surface area contributed by atoms with E-state index in [0.717, 1.165) is 37.0 Å². The minimum absolute atomic E-state index is 0.177. The largest absolute Gasteiger partial charge is 0.487 e. The first-order valence-electron chi connectivity index (χ1n) is 11.1. The molecule has 2 atom stereocenters. The van der Waals surface area contributed by atoms with E-state index < -0.39 is 0 Å². The lowest BCUT2D eigenvalue weighted by Gasteiger charge is -2.44. The minimum Gasteiger partial charge on any atom is -0.487 e. The summed E-state index contributed by atoms with van der Waals surface area (Å²) in [4.78, 5) is 12.2. The first kappa shape index (κ1) is 21.0. The maximum Gasteiger partial charge on any atom is 0.310 e. The van der Waals surface area contributed by atoms with Crippen LogP contribution in [0, 0.1) is 5.92 Å². The van der Waals surface area contributed by atoms with Crippen molar-refractivity contribution >= 4 is 5.97 Å². The summed E-state index contributed by atoms with van der Waals surface area (Å²) in [5.74, 6) is 2.08. The molecule has 0 amide bonds. The Morgan fingerprint density at radius 3 is 2.75 bits per heavy atom. The molecule has 2 aliphatic rings. The first-order chi connectivity index (χ1) is 13.4. The predicted octanol–water partition coefficient (Wildman–Crippen LogP) is 6.74. The van der Waals surface area contributed by atoms with Gasteiger partial charge in [-0.1, -0.05) is 38.3 Å². The van der Waals surface area contributed by atoms with Gasteiger partial charge < -0.3 is 9.47 Å². The summed E-state index contributed by atoms with van der Waals surface area (Å²) in [6.07, 6.45) is 10.8. The van der Waals surface area contributed by atoms with Gasteiger partial charge in [0.15, 0.2) is 0 Å². The van der Waals surface area contributed by atoms with E-state index in [1.165, 1.54) is 30.4 Å². The highest BCUT2D eigenvalue weighted by molar-refractivity contribution is 5.73. The maximum absolute atomic E-state index is 12.2. The van der Waals surface area contributed by atoms with Crippen molar-refractivity contribution in [1.29, 1.82) is 0 Å². The Hall–Kier alpha value is -1.77. The van der Waals surface area contributed by atoms with E-state index in [1.54, 1.807) is 0 Å². The molecular formula is C25H36O3. The Balaban J connectivity index is 2.09. The summed E-state index contributed by atoms with van der Waals surface area (Å²) in [6, 6.07) is 4.29. The molecule has 0 unspecified atom stereocenters. The predicted molar refractivity (Wildman–Crippen MR) is 114 cm³/mol. The molecule has 1 aliphatic carbocycles. The summed E-state index contributed by atoms with van der Waals surface area (Å²) < 4.78 is 12.4. The van der Waals surface area contributed by atoms with Crippen LogP contribution in [-0.2, 0) is 11.2 Å². The SMILES string of the molecule is CCCCCc1cc(OC(=O)CC)c2c(c1)OC(C)(C)[C@H]1CCCC(C)=C[C@@H]21. The number of hydrogen-bond donors (Lipinski definition) is 0. The van der Waals surface area contributed by atoms with Crippen LogP contribution in [0.25, 0.3) is 0 Å². The van der Waals surface area contributed by atoms with Crippen LogP contribution in [0.4, 0.5) is 0 Å². The van der Waals surface area contributed by atoms with E-state index in [1.807, 2.05) is 6.92 Å². The molecule has 154 valence electrons. The lowest BCUT2D eigenvalue weighted by molar-refractivity contribution is -0.134. The van der Waals surface area contributed by atoms with Gasteiger partial charge in [0, 0.05) is 23.8 Å². The third-order valence-electron chi connectivity index (χ3n) is 6.33. The highest BCUT2D eigenvalue weighted by atomic mass is 16.5. The zero-order valence-corrected chi connectivity index (χ0v) is 18.3. The van der Waals surface area contributed by atoms with Crippen LogP contribution < -0.4 is 9.47 Å². The van der Waals surface area contributed by atoms with Crippen molar-refractivity contribution in [2.75, 3.05) is 0 Å². The van der Waals surface area contributed by atoms with Gasteiger partial charge in [0.05, 0.1) is 0 Å². The van der Waals surface area contributed by atoms with Crippen LogP contribution in [0.15, 0.2) is 23.8 Å². The highest BCUT2D eigenvalue weighted by Gasteiger charge is 2.45. The van der Waals surface area contributed by atoms with Crippen molar-refractivity contribution in [1.82, 2.24) is 0 Å². The zero-order valence-electron chi connectivity index (χ0n) is 18.3. The van der Waals surface area contributed by atoms with Crippen LogP contribution in [-0.4, -0.2) is 11.6 Å². The number of carbonyl (C=O) groups is 1. The van der Waals surface area contributed by atoms with E-state index in [-0.39, 0.29) is 17.5 Å². The van der Waals surface area contributed by atoms with Crippen molar-refractivity contribution in [3.8, 4) is 11.5 Å². The van der Waals surface area contributed by atoms with Crippen molar-refractivity contribution in [2.45, 2.75) is 97.5 Å². The molecule has 0 bridgehead atoms. The quantitative estimate of drug-likeness (QED) is 0.236. The number of fused-ring (bicyclic) bond motifs is 3. The number of allylic oxidation sites excluding steroid dienone is 2.